The fourth-order valence-corrected chi connectivity index (χ4v) is 2.55. The summed E-state index contributed by atoms with van der Waals surface area (Å²) in [6.07, 6.45) is -4.07. The van der Waals surface area contributed by atoms with Crippen molar-refractivity contribution in [3.8, 4) is 5.75 Å². The number of phenolic OH excluding ortho intramolecular Hbond substituents is 1. The van der Waals surface area contributed by atoms with E-state index in [1.807, 2.05) is 0 Å². The average Bonchev–Trinajstić information content (AvgIpc) is 2.37. The van der Waals surface area contributed by atoms with Crippen LogP contribution in [0.4, 0.5) is 13.2 Å². The number of phenols is 1. The SMILES string of the molecule is Oc1cc(C(F)(F)F)cc(Cl)c1CCN1CCNCC1. The molecule has 7 heteroatoms. The zero-order chi connectivity index (χ0) is 14.8. The number of hydrogen-bond acceptors (Lipinski definition) is 3. The third kappa shape index (κ3) is 3.77. The first-order valence-electron chi connectivity index (χ1n) is 6.39. The fourth-order valence-electron chi connectivity index (χ4n) is 2.24. The molecule has 1 aromatic rings. The molecule has 0 radical (unpaired) electrons. The number of alkyl halides is 3. The van der Waals surface area contributed by atoms with E-state index in [1.54, 1.807) is 0 Å². The Morgan fingerprint density at radius 2 is 1.90 bits per heavy atom. The van der Waals surface area contributed by atoms with E-state index in [0.717, 1.165) is 38.3 Å². The van der Waals surface area contributed by atoms with Crippen LogP contribution in [0.2, 0.25) is 5.02 Å². The maximum Gasteiger partial charge on any atom is 0.416 e. The Bertz CT molecular complexity index is 450. The summed E-state index contributed by atoms with van der Waals surface area (Å²) in [7, 11) is 0. The van der Waals surface area contributed by atoms with Crippen molar-refractivity contribution in [2.24, 2.45) is 0 Å². The van der Waals surface area contributed by atoms with Crippen molar-refractivity contribution in [3.63, 3.8) is 0 Å². The summed E-state index contributed by atoms with van der Waals surface area (Å²) in [6, 6.07) is 1.60. The van der Waals surface area contributed by atoms with Crippen LogP contribution in [0, 0.1) is 0 Å². The quantitative estimate of drug-likeness (QED) is 0.900. The normalized spacial score (nSPS) is 17.4. The van der Waals surface area contributed by atoms with Crippen LogP contribution in [0.25, 0.3) is 0 Å². The number of halogens is 4. The fraction of sp³-hybridized carbons (Fsp3) is 0.538. The molecule has 0 unspecified atom stereocenters. The lowest BCUT2D eigenvalue weighted by atomic mass is 10.1. The highest BCUT2D eigenvalue weighted by Gasteiger charge is 2.32. The van der Waals surface area contributed by atoms with Crippen molar-refractivity contribution < 1.29 is 18.3 Å². The Balaban J connectivity index is 2.08. The Labute approximate surface area is 120 Å². The first-order valence-corrected chi connectivity index (χ1v) is 6.77. The molecule has 1 fully saturated rings. The molecule has 0 aromatic heterocycles. The first kappa shape index (κ1) is 15.4. The Morgan fingerprint density at radius 1 is 1.25 bits per heavy atom. The van der Waals surface area contributed by atoms with Crippen molar-refractivity contribution in [3.05, 3.63) is 28.3 Å². The van der Waals surface area contributed by atoms with E-state index in [-0.39, 0.29) is 10.8 Å². The smallest absolute Gasteiger partial charge is 0.416 e. The van der Waals surface area contributed by atoms with E-state index in [0.29, 0.717) is 18.5 Å². The van der Waals surface area contributed by atoms with Crippen molar-refractivity contribution in [1.82, 2.24) is 10.2 Å². The molecular weight excluding hydrogens is 293 g/mol. The van der Waals surface area contributed by atoms with Crippen LogP contribution in [0.1, 0.15) is 11.1 Å². The number of hydrogen-bond donors (Lipinski definition) is 2. The zero-order valence-corrected chi connectivity index (χ0v) is 11.6. The van der Waals surface area contributed by atoms with Crippen LogP contribution in [0.15, 0.2) is 12.1 Å². The summed E-state index contributed by atoms with van der Waals surface area (Å²) in [6.45, 7) is 4.23. The van der Waals surface area contributed by atoms with E-state index in [1.165, 1.54) is 0 Å². The molecule has 0 spiro atoms. The number of piperazine rings is 1. The molecule has 1 aliphatic rings. The van der Waals surface area contributed by atoms with Crippen molar-refractivity contribution in [2.45, 2.75) is 12.6 Å². The zero-order valence-electron chi connectivity index (χ0n) is 10.8. The standard InChI is InChI=1S/C13H16ClF3N2O/c14-11-7-9(13(15,16)17)8-12(20)10(11)1-4-19-5-2-18-3-6-19/h7-8,18,20H,1-6H2. The minimum absolute atomic E-state index is 0.0348. The number of nitrogens with one attached hydrogen (secondary N) is 1. The Morgan fingerprint density at radius 3 is 2.45 bits per heavy atom. The molecule has 0 bridgehead atoms. The molecule has 20 heavy (non-hydrogen) atoms. The topological polar surface area (TPSA) is 35.5 Å². The molecule has 1 saturated heterocycles. The number of benzene rings is 1. The van der Waals surface area contributed by atoms with E-state index >= 15 is 0 Å². The monoisotopic (exact) mass is 308 g/mol. The largest absolute Gasteiger partial charge is 0.508 e. The van der Waals surface area contributed by atoms with Gasteiger partial charge in [0.2, 0.25) is 0 Å². The van der Waals surface area contributed by atoms with Gasteiger partial charge in [0.15, 0.2) is 0 Å². The highest BCUT2D eigenvalue weighted by Crippen LogP contribution is 2.36. The van der Waals surface area contributed by atoms with E-state index in [9.17, 15) is 18.3 Å². The van der Waals surface area contributed by atoms with Gasteiger partial charge in [-0.3, -0.25) is 0 Å². The maximum absolute atomic E-state index is 12.6. The minimum Gasteiger partial charge on any atom is -0.508 e. The average molecular weight is 309 g/mol. The molecule has 0 atom stereocenters. The highest BCUT2D eigenvalue weighted by atomic mass is 35.5. The lowest BCUT2D eigenvalue weighted by Crippen LogP contribution is -2.44. The molecule has 2 N–H and O–H groups in total. The van der Waals surface area contributed by atoms with Gasteiger partial charge in [-0.15, -0.1) is 0 Å². The molecule has 1 heterocycles. The second kappa shape index (κ2) is 6.20. The summed E-state index contributed by atoms with van der Waals surface area (Å²) in [5, 5.41) is 12.9. The maximum atomic E-state index is 12.6. The molecule has 1 aliphatic heterocycles. The van der Waals surface area contributed by atoms with Crippen molar-refractivity contribution >= 4 is 11.6 Å². The molecule has 2 rings (SSSR count). The predicted octanol–water partition coefficient (Wildman–Crippen LogP) is 2.51. The van der Waals surface area contributed by atoms with E-state index in [2.05, 4.69) is 10.2 Å². The van der Waals surface area contributed by atoms with Gasteiger partial charge in [-0.05, 0) is 18.6 Å². The second-order valence-electron chi connectivity index (χ2n) is 4.80. The molecule has 112 valence electrons. The van der Waals surface area contributed by atoms with Crippen LogP contribution in [0.3, 0.4) is 0 Å². The number of nitrogens with zero attached hydrogens (tertiary/aromatic N) is 1. The van der Waals surface area contributed by atoms with Gasteiger partial charge in [0.05, 0.1) is 5.56 Å². The van der Waals surface area contributed by atoms with Gasteiger partial charge in [-0.25, -0.2) is 0 Å². The summed E-state index contributed by atoms with van der Waals surface area (Å²) in [5.74, 6) is -0.389. The highest BCUT2D eigenvalue weighted by molar-refractivity contribution is 6.31. The van der Waals surface area contributed by atoms with Crippen molar-refractivity contribution in [1.29, 1.82) is 0 Å². The minimum atomic E-state index is -4.50. The summed E-state index contributed by atoms with van der Waals surface area (Å²) < 4.78 is 37.7. The predicted molar refractivity (Wildman–Crippen MR) is 71.1 cm³/mol. The third-order valence-corrected chi connectivity index (χ3v) is 3.72. The summed E-state index contributed by atoms with van der Waals surface area (Å²) in [5.41, 5.74) is -0.552. The lowest BCUT2D eigenvalue weighted by molar-refractivity contribution is -0.137. The Kier molecular flexibility index (Phi) is 4.78. The number of aromatic hydroxyl groups is 1. The van der Waals surface area contributed by atoms with Crippen LogP contribution in [-0.2, 0) is 12.6 Å². The van der Waals surface area contributed by atoms with Gasteiger partial charge in [-0.1, -0.05) is 11.6 Å². The first-order chi connectivity index (χ1) is 9.38. The van der Waals surface area contributed by atoms with Gasteiger partial charge < -0.3 is 15.3 Å². The Hall–Kier alpha value is -0.980. The summed E-state index contributed by atoms with van der Waals surface area (Å²) >= 11 is 5.87. The third-order valence-electron chi connectivity index (χ3n) is 3.39. The van der Waals surface area contributed by atoms with E-state index in [4.69, 9.17) is 11.6 Å². The van der Waals surface area contributed by atoms with Crippen LogP contribution in [0.5, 0.6) is 5.75 Å². The van der Waals surface area contributed by atoms with Gasteiger partial charge in [0, 0.05) is 43.3 Å². The van der Waals surface area contributed by atoms with Crippen LogP contribution < -0.4 is 5.32 Å². The molecular formula is C13H16ClF3N2O. The molecule has 3 nitrogen and oxygen atoms in total. The van der Waals surface area contributed by atoms with Crippen LogP contribution in [-0.4, -0.2) is 42.7 Å². The van der Waals surface area contributed by atoms with E-state index < -0.39 is 11.7 Å². The van der Waals surface area contributed by atoms with Gasteiger partial charge in [0.25, 0.3) is 0 Å². The molecule has 0 aliphatic carbocycles. The molecule has 1 aromatic carbocycles. The number of rotatable bonds is 3. The lowest BCUT2D eigenvalue weighted by Gasteiger charge is -2.27. The summed E-state index contributed by atoms with van der Waals surface area (Å²) in [4.78, 5) is 2.18. The van der Waals surface area contributed by atoms with Gasteiger partial charge >= 0.3 is 6.18 Å². The van der Waals surface area contributed by atoms with Crippen molar-refractivity contribution in [2.75, 3.05) is 32.7 Å². The second-order valence-corrected chi connectivity index (χ2v) is 5.20. The van der Waals surface area contributed by atoms with Gasteiger partial charge in [-0.2, -0.15) is 13.2 Å². The van der Waals surface area contributed by atoms with Gasteiger partial charge in [0.1, 0.15) is 5.75 Å². The molecule has 0 amide bonds. The molecule has 0 saturated carbocycles. The van der Waals surface area contributed by atoms with Crippen LogP contribution >= 0.6 is 11.6 Å².